The normalized spacial score (nSPS) is 10.4. The molecule has 0 aliphatic rings. The summed E-state index contributed by atoms with van der Waals surface area (Å²) in [4.78, 5) is 11.7. The Morgan fingerprint density at radius 2 is 1.67 bits per heavy atom. The minimum Gasteiger partial charge on any atom is -0.356 e. The Morgan fingerprint density at radius 3 is 2.38 bits per heavy atom. The van der Waals surface area contributed by atoms with Crippen LogP contribution in [0.15, 0.2) is 48.5 Å². The van der Waals surface area contributed by atoms with Gasteiger partial charge in [0.05, 0.1) is 0 Å². The zero-order valence-corrected chi connectivity index (χ0v) is 11.6. The first-order valence-corrected chi connectivity index (χ1v) is 6.90. The van der Waals surface area contributed by atoms with Gasteiger partial charge >= 0.3 is 0 Å². The van der Waals surface area contributed by atoms with Gasteiger partial charge in [-0.1, -0.05) is 30.3 Å². The molecule has 110 valence electrons. The third-order valence-corrected chi connectivity index (χ3v) is 3.23. The molecular formula is C17H17F2NO. The highest BCUT2D eigenvalue weighted by atomic mass is 19.1. The summed E-state index contributed by atoms with van der Waals surface area (Å²) in [7, 11) is 0. The van der Waals surface area contributed by atoms with Crippen LogP contribution in [0, 0.1) is 11.6 Å². The molecule has 21 heavy (non-hydrogen) atoms. The van der Waals surface area contributed by atoms with Crippen LogP contribution in [0.25, 0.3) is 0 Å². The fourth-order valence-corrected chi connectivity index (χ4v) is 2.04. The van der Waals surface area contributed by atoms with Crippen molar-refractivity contribution in [3.63, 3.8) is 0 Å². The Bertz CT molecular complexity index is 596. The quantitative estimate of drug-likeness (QED) is 0.869. The Balaban J connectivity index is 1.70. The van der Waals surface area contributed by atoms with Crippen molar-refractivity contribution in [3.05, 3.63) is 71.3 Å². The summed E-state index contributed by atoms with van der Waals surface area (Å²) in [6.45, 7) is 0.488. The van der Waals surface area contributed by atoms with Crippen molar-refractivity contribution >= 4 is 5.91 Å². The number of carbonyl (C=O) groups excluding carboxylic acids is 1. The van der Waals surface area contributed by atoms with Crippen molar-refractivity contribution in [1.82, 2.24) is 5.32 Å². The molecule has 0 saturated carbocycles. The molecule has 0 unspecified atom stereocenters. The van der Waals surface area contributed by atoms with E-state index in [1.807, 2.05) is 0 Å². The van der Waals surface area contributed by atoms with E-state index >= 15 is 0 Å². The first-order valence-electron chi connectivity index (χ1n) is 6.90. The Hall–Kier alpha value is -2.23. The topological polar surface area (TPSA) is 29.1 Å². The van der Waals surface area contributed by atoms with Gasteiger partial charge in [0.2, 0.25) is 5.91 Å². The number of aryl methyl sites for hydroxylation is 1. The lowest BCUT2D eigenvalue weighted by Crippen LogP contribution is -2.25. The summed E-state index contributed by atoms with van der Waals surface area (Å²) in [6.07, 6.45) is 1.28. The molecule has 0 spiro atoms. The number of carbonyl (C=O) groups is 1. The van der Waals surface area contributed by atoms with Crippen molar-refractivity contribution in [2.75, 3.05) is 6.54 Å². The van der Waals surface area contributed by atoms with Gasteiger partial charge in [-0.25, -0.2) is 8.78 Å². The fraction of sp³-hybridized carbons (Fsp3) is 0.235. The number of rotatable bonds is 6. The fourth-order valence-electron chi connectivity index (χ4n) is 2.04. The molecule has 0 aliphatic heterocycles. The van der Waals surface area contributed by atoms with Gasteiger partial charge in [-0.3, -0.25) is 4.79 Å². The maximum atomic E-state index is 13.4. The van der Waals surface area contributed by atoms with Crippen LogP contribution in [0.1, 0.15) is 17.5 Å². The molecular weight excluding hydrogens is 272 g/mol. The molecule has 0 saturated heterocycles. The maximum absolute atomic E-state index is 13.4. The Labute approximate surface area is 122 Å². The minimum absolute atomic E-state index is 0.111. The van der Waals surface area contributed by atoms with Crippen LogP contribution in [-0.2, 0) is 17.6 Å². The van der Waals surface area contributed by atoms with Crippen LogP contribution in [-0.4, -0.2) is 12.5 Å². The van der Waals surface area contributed by atoms with Crippen LogP contribution in [0.4, 0.5) is 8.78 Å². The summed E-state index contributed by atoms with van der Waals surface area (Å²) in [5, 5.41) is 2.78. The van der Waals surface area contributed by atoms with Gasteiger partial charge in [-0.15, -0.1) is 0 Å². The molecule has 0 aliphatic carbocycles. The number of hydrogen-bond acceptors (Lipinski definition) is 1. The standard InChI is InChI=1S/C17H17F2NO/c18-15-8-5-13(6-9-15)11-12-20-17(21)10-7-14-3-1-2-4-16(14)19/h1-6,8-9H,7,10-12H2,(H,20,21). The summed E-state index contributed by atoms with van der Waals surface area (Å²) in [6, 6.07) is 12.6. The van der Waals surface area contributed by atoms with E-state index < -0.39 is 0 Å². The molecule has 0 aromatic heterocycles. The SMILES string of the molecule is O=C(CCc1ccccc1F)NCCc1ccc(F)cc1. The van der Waals surface area contributed by atoms with Gasteiger partial charge in [0.15, 0.2) is 0 Å². The molecule has 4 heteroatoms. The number of amides is 1. The van der Waals surface area contributed by atoms with E-state index in [1.165, 1.54) is 18.2 Å². The molecule has 0 fully saturated rings. The lowest BCUT2D eigenvalue weighted by Gasteiger charge is -2.06. The lowest BCUT2D eigenvalue weighted by atomic mass is 10.1. The summed E-state index contributed by atoms with van der Waals surface area (Å²) in [5.74, 6) is -0.662. The van der Waals surface area contributed by atoms with E-state index in [2.05, 4.69) is 5.32 Å². The van der Waals surface area contributed by atoms with Gasteiger partial charge in [0.1, 0.15) is 11.6 Å². The van der Waals surface area contributed by atoms with Crippen LogP contribution in [0.3, 0.4) is 0 Å². The average molecular weight is 289 g/mol. The zero-order chi connectivity index (χ0) is 15.1. The van der Waals surface area contributed by atoms with E-state index in [1.54, 1.807) is 30.3 Å². The van der Waals surface area contributed by atoms with Crippen molar-refractivity contribution in [2.45, 2.75) is 19.3 Å². The van der Waals surface area contributed by atoms with Crippen LogP contribution < -0.4 is 5.32 Å². The Morgan fingerprint density at radius 1 is 0.952 bits per heavy atom. The van der Waals surface area contributed by atoms with E-state index in [9.17, 15) is 13.6 Å². The smallest absolute Gasteiger partial charge is 0.220 e. The second-order valence-corrected chi connectivity index (χ2v) is 4.82. The summed E-state index contributed by atoms with van der Waals surface area (Å²) < 4.78 is 26.1. The van der Waals surface area contributed by atoms with E-state index in [0.29, 0.717) is 24.9 Å². The third kappa shape index (κ3) is 4.99. The molecule has 0 radical (unpaired) electrons. The monoisotopic (exact) mass is 289 g/mol. The van der Waals surface area contributed by atoms with Crippen molar-refractivity contribution in [2.24, 2.45) is 0 Å². The molecule has 0 bridgehead atoms. The van der Waals surface area contributed by atoms with Gasteiger partial charge in [0, 0.05) is 13.0 Å². The average Bonchev–Trinajstić information content (AvgIpc) is 2.48. The van der Waals surface area contributed by atoms with Crippen LogP contribution in [0.2, 0.25) is 0 Å². The van der Waals surface area contributed by atoms with E-state index in [0.717, 1.165) is 5.56 Å². The van der Waals surface area contributed by atoms with Gasteiger partial charge in [0.25, 0.3) is 0 Å². The zero-order valence-electron chi connectivity index (χ0n) is 11.6. The minimum atomic E-state index is -0.281. The van der Waals surface area contributed by atoms with Gasteiger partial charge < -0.3 is 5.32 Å². The summed E-state index contributed by atoms with van der Waals surface area (Å²) in [5.41, 5.74) is 1.51. The molecule has 2 aromatic carbocycles. The van der Waals surface area contributed by atoms with E-state index in [4.69, 9.17) is 0 Å². The van der Waals surface area contributed by atoms with E-state index in [-0.39, 0.29) is 24.0 Å². The first-order chi connectivity index (χ1) is 10.1. The van der Waals surface area contributed by atoms with Crippen molar-refractivity contribution in [1.29, 1.82) is 0 Å². The summed E-state index contributed by atoms with van der Waals surface area (Å²) >= 11 is 0. The highest BCUT2D eigenvalue weighted by Crippen LogP contribution is 2.08. The number of halogens is 2. The molecule has 2 rings (SSSR count). The predicted molar refractivity (Wildman–Crippen MR) is 77.8 cm³/mol. The molecule has 0 heterocycles. The molecule has 2 nitrogen and oxygen atoms in total. The van der Waals surface area contributed by atoms with Gasteiger partial charge in [-0.2, -0.15) is 0 Å². The van der Waals surface area contributed by atoms with Crippen molar-refractivity contribution < 1.29 is 13.6 Å². The molecule has 1 amide bonds. The molecule has 2 aromatic rings. The number of nitrogens with one attached hydrogen (secondary N) is 1. The van der Waals surface area contributed by atoms with Crippen LogP contribution >= 0.6 is 0 Å². The third-order valence-electron chi connectivity index (χ3n) is 3.23. The largest absolute Gasteiger partial charge is 0.356 e. The second-order valence-electron chi connectivity index (χ2n) is 4.82. The number of hydrogen-bond donors (Lipinski definition) is 1. The highest BCUT2D eigenvalue weighted by molar-refractivity contribution is 5.76. The van der Waals surface area contributed by atoms with Crippen LogP contribution in [0.5, 0.6) is 0 Å². The molecule has 1 N–H and O–H groups in total. The lowest BCUT2D eigenvalue weighted by molar-refractivity contribution is -0.121. The second kappa shape index (κ2) is 7.53. The number of benzene rings is 2. The Kier molecular flexibility index (Phi) is 5.43. The van der Waals surface area contributed by atoms with Crippen molar-refractivity contribution in [3.8, 4) is 0 Å². The maximum Gasteiger partial charge on any atom is 0.220 e. The highest BCUT2D eigenvalue weighted by Gasteiger charge is 2.05. The predicted octanol–water partition coefficient (Wildman–Crippen LogP) is 3.26. The molecule has 0 atom stereocenters. The first kappa shape index (κ1) is 15.2. The van der Waals surface area contributed by atoms with Gasteiger partial charge in [-0.05, 0) is 42.2 Å².